The number of hydrogen-bond acceptors (Lipinski definition) is 3. The highest BCUT2D eigenvalue weighted by Gasteiger charge is 2.00. The monoisotopic (exact) mass is 237 g/mol. The van der Waals surface area contributed by atoms with Gasteiger partial charge in [0.05, 0.1) is 5.52 Å². The smallest absolute Gasteiger partial charge is 0.128 e. The molecule has 3 rings (SSSR count). The zero-order chi connectivity index (χ0) is 12.4. The van der Waals surface area contributed by atoms with E-state index in [0.29, 0.717) is 5.75 Å². The van der Waals surface area contributed by atoms with Crippen molar-refractivity contribution < 1.29 is 9.84 Å². The van der Waals surface area contributed by atoms with E-state index in [2.05, 4.69) is 4.98 Å². The number of ether oxygens (including phenoxy) is 1. The van der Waals surface area contributed by atoms with Crippen LogP contribution in [0.4, 0.5) is 0 Å². The van der Waals surface area contributed by atoms with Crippen molar-refractivity contribution in [2.45, 2.75) is 0 Å². The standard InChI is InChI=1S/C15H11NO2/c17-12-3-5-13(6-4-12)18-14-7-8-15-11(10-14)2-1-9-16-15/h1-10,17H. The van der Waals surface area contributed by atoms with Gasteiger partial charge in [-0.15, -0.1) is 0 Å². The third kappa shape index (κ3) is 2.11. The van der Waals surface area contributed by atoms with Crippen LogP contribution in [0.15, 0.2) is 60.8 Å². The minimum absolute atomic E-state index is 0.227. The number of hydrogen-bond donors (Lipinski definition) is 1. The molecule has 3 nitrogen and oxygen atoms in total. The quantitative estimate of drug-likeness (QED) is 0.738. The second kappa shape index (κ2) is 4.37. The van der Waals surface area contributed by atoms with Crippen LogP contribution in [-0.4, -0.2) is 10.1 Å². The SMILES string of the molecule is Oc1ccc(Oc2ccc3ncccc3c2)cc1. The van der Waals surface area contributed by atoms with Crippen LogP contribution in [-0.2, 0) is 0 Å². The topological polar surface area (TPSA) is 42.4 Å². The molecule has 1 aromatic heterocycles. The highest BCUT2D eigenvalue weighted by atomic mass is 16.5. The molecule has 18 heavy (non-hydrogen) atoms. The van der Waals surface area contributed by atoms with Crippen LogP contribution in [0.1, 0.15) is 0 Å². The van der Waals surface area contributed by atoms with E-state index in [1.54, 1.807) is 30.5 Å². The Morgan fingerprint density at radius 3 is 2.50 bits per heavy atom. The van der Waals surface area contributed by atoms with Crippen LogP contribution in [0.2, 0.25) is 0 Å². The first-order chi connectivity index (χ1) is 8.81. The summed E-state index contributed by atoms with van der Waals surface area (Å²) in [4.78, 5) is 4.25. The van der Waals surface area contributed by atoms with Crippen LogP contribution in [0, 0.1) is 0 Å². The van der Waals surface area contributed by atoms with Crippen molar-refractivity contribution in [3.8, 4) is 17.2 Å². The molecule has 2 aromatic carbocycles. The highest BCUT2D eigenvalue weighted by molar-refractivity contribution is 5.79. The Morgan fingerprint density at radius 1 is 0.889 bits per heavy atom. The van der Waals surface area contributed by atoms with Gasteiger partial charge in [-0.2, -0.15) is 0 Å². The second-order valence-corrected chi connectivity index (χ2v) is 3.95. The summed E-state index contributed by atoms with van der Waals surface area (Å²) in [6.45, 7) is 0. The number of phenols is 1. The van der Waals surface area contributed by atoms with Crippen molar-refractivity contribution in [1.29, 1.82) is 0 Å². The van der Waals surface area contributed by atoms with Crippen molar-refractivity contribution in [3.05, 3.63) is 60.8 Å². The predicted octanol–water partition coefficient (Wildman–Crippen LogP) is 3.73. The molecule has 1 heterocycles. The van der Waals surface area contributed by atoms with Gasteiger partial charge in [-0.25, -0.2) is 0 Å². The summed E-state index contributed by atoms with van der Waals surface area (Å²) in [5.41, 5.74) is 0.940. The summed E-state index contributed by atoms with van der Waals surface area (Å²) in [7, 11) is 0. The van der Waals surface area contributed by atoms with E-state index in [1.807, 2.05) is 30.3 Å². The van der Waals surface area contributed by atoms with Crippen LogP contribution >= 0.6 is 0 Å². The van der Waals surface area contributed by atoms with E-state index < -0.39 is 0 Å². The molecule has 0 bridgehead atoms. The van der Waals surface area contributed by atoms with E-state index >= 15 is 0 Å². The third-order valence-corrected chi connectivity index (χ3v) is 2.65. The van der Waals surface area contributed by atoms with E-state index in [0.717, 1.165) is 16.7 Å². The van der Waals surface area contributed by atoms with Crippen molar-refractivity contribution in [2.24, 2.45) is 0 Å². The molecule has 0 saturated carbocycles. The molecule has 0 spiro atoms. The molecule has 0 atom stereocenters. The van der Waals surface area contributed by atoms with E-state index in [-0.39, 0.29) is 5.75 Å². The molecule has 88 valence electrons. The van der Waals surface area contributed by atoms with Crippen molar-refractivity contribution >= 4 is 10.9 Å². The minimum atomic E-state index is 0.227. The number of aromatic hydroxyl groups is 1. The van der Waals surface area contributed by atoms with Crippen molar-refractivity contribution in [3.63, 3.8) is 0 Å². The summed E-state index contributed by atoms with van der Waals surface area (Å²) in [5.74, 6) is 1.67. The Morgan fingerprint density at radius 2 is 1.67 bits per heavy atom. The Hall–Kier alpha value is -2.55. The average Bonchev–Trinajstić information content (AvgIpc) is 2.41. The molecule has 3 heteroatoms. The summed E-state index contributed by atoms with van der Waals surface area (Å²) in [6.07, 6.45) is 1.77. The number of rotatable bonds is 2. The number of benzene rings is 2. The lowest BCUT2D eigenvalue weighted by atomic mass is 10.2. The normalized spacial score (nSPS) is 10.4. The number of fused-ring (bicyclic) bond motifs is 1. The summed E-state index contributed by atoms with van der Waals surface area (Å²) >= 11 is 0. The maximum absolute atomic E-state index is 9.20. The zero-order valence-corrected chi connectivity index (χ0v) is 9.58. The second-order valence-electron chi connectivity index (χ2n) is 3.95. The molecule has 0 aliphatic carbocycles. The van der Waals surface area contributed by atoms with E-state index in [1.165, 1.54) is 0 Å². The Bertz CT molecular complexity index is 677. The molecular weight excluding hydrogens is 226 g/mol. The summed E-state index contributed by atoms with van der Waals surface area (Å²) in [5, 5.41) is 10.2. The van der Waals surface area contributed by atoms with Gasteiger partial charge in [0.15, 0.2) is 0 Å². The Labute approximate surface area is 104 Å². The first kappa shape index (κ1) is 10.6. The number of nitrogens with zero attached hydrogens (tertiary/aromatic N) is 1. The lowest BCUT2D eigenvalue weighted by molar-refractivity contribution is 0.464. The molecule has 1 N–H and O–H groups in total. The maximum atomic E-state index is 9.20. The average molecular weight is 237 g/mol. The molecular formula is C15H11NO2. The minimum Gasteiger partial charge on any atom is -0.508 e. The summed E-state index contributed by atoms with van der Waals surface area (Å²) in [6, 6.07) is 16.3. The fourth-order valence-corrected chi connectivity index (χ4v) is 1.77. The number of aromatic nitrogens is 1. The molecule has 0 amide bonds. The van der Waals surface area contributed by atoms with Gasteiger partial charge in [-0.3, -0.25) is 4.98 Å². The maximum Gasteiger partial charge on any atom is 0.128 e. The van der Waals surface area contributed by atoms with Crippen LogP contribution in [0.25, 0.3) is 10.9 Å². The number of phenolic OH excluding ortho intramolecular Hbond substituents is 1. The first-order valence-corrected chi connectivity index (χ1v) is 5.63. The fourth-order valence-electron chi connectivity index (χ4n) is 1.77. The lowest BCUT2D eigenvalue weighted by Crippen LogP contribution is -1.84. The highest BCUT2D eigenvalue weighted by Crippen LogP contribution is 2.25. The molecule has 0 fully saturated rings. The van der Waals surface area contributed by atoms with Crippen LogP contribution in [0.5, 0.6) is 17.2 Å². The van der Waals surface area contributed by atoms with Gasteiger partial charge in [-0.1, -0.05) is 6.07 Å². The van der Waals surface area contributed by atoms with E-state index in [9.17, 15) is 5.11 Å². The molecule has 3 aromatic rings. The molecule has 0 saturated heterocycles. The molecule has 0 radical (unpaired) electrons. The van der Waals surface area contributed by atoms with Gasteiger partial charge in [0.25, 0.3) is 0 Å². The Balaban J connectivity index is 1.92. The van der Waals surface area contributed by atoms with Crippen molar-refractivity contribution in [2.75, 3.05) is 0 Å². The lowest BCUT2D eigenvalue weighted by Gasteiger charge is -2.06. The molecule has 0 aliphatic heterocycles. The molecule has 0 aliphatic rings. The van der Waals surface area contributed by atoms with Gasteiger partial charge in [0.2, 0.25) is 0 Å². The van der Waals surface area contributed by atoms with Gasteiger partial charge in [-0.05, 0) is 48.5 Å². The Kier molecular flexibility index (Phi) is 2.57. The van der Waals surface area contributed by atoms with Crippen molar-refractivity contribution in [1.82, 2.24) is 4.98 Å². The van der Waals surface area contributed by atoms with Gasteiger partial charge >= 0.3 is 0 Å². The summed E-state index contributed by atoms with van der Waals surface area (Å²) < 4.78 is 5.70. The van der Waals surface area contributed by atoms with Crippen LogP contribution in [0.3, 0.4) is 0 Å². The largest absolute Gasteiger partial charge is 0.508 e. The third-order valence-electron chi connectivity index (χ3n) is 2.65. The zero-order valence-electron chi connectivity index (χ0n) is 9.58. The fraction of sp³-hybridized carbons (Fsp3) is 0. The van der Waals surface area contributed by atoms with Gasteiger partial charge in [0, 0.05) is 11.6 Å². The number of pyridine rings is 1. The van der Waals surface area contributed by atoms with Gasteiger partial charge < -0.3 is 9.84 Å². The van der Waals surface area contributed by atoms with E-state index in [4.69, 9.17) is 4.74 Å². The van der Waals surface area contributed by atoms with Gasteiger partial charge in [0.1, 0.15) is 17.2 Å². The predicted molar refractivity (Wildman–Crippen MR) is 69.9 cm³/mol. The van der Waals surface area contributed by atoms with Crippen LogP contribution < -0.4 is 4.74 Å². The first-order valence-electron chi connectivity index (χ1n) is 5.63. The molecule has 0 unspecified atom stereocenters.